The minimum atomic E-state index is -0.123. The number of hydrogen-bond acceptors (Lipinski definition) is 4. The topological polar surface area (TPSA) is 64.8 Å². The predicted molar refractivity (Wildman–Crippen MR) is 72.1 cm³/mol. The van der Waals surface area contributed by atoms with E-state index in [0.29, 0.717) is 13.1 Å². The van der Waals surface area contributed by atoms with Gasteiger partial charge in [0.25, 0.3) is 0 Å². The van der Waals surface area contributed by atoms with E-state index in [1.807, 2.05) is 32.2 Å². The Morgan fingerprint density at radius 1 is 1.42 bits per heavy atom. The lowest BCUT2D eigenvalue weighted by molar-refractivity contribution is -0.133. The number of amides is 1. The van der Waals surface area contributed by atoms with Crippen LogP contribution in [0.4, 0.5) is 0 Å². The van der Waals surface area contributed by atoms with Crippen molar-refractivity contribution in [2.75, 3.05) is 26.9 Å². The molecule has 1 aliphatic heterocycles. The van der Waals surface area contributed by atoms with Gasteiger partial charge >= 0.3 is 0 Å². The first-order valence-corrected chi connectivity index (χ1v) is 6.45. The van der Waals surface area contributed by atoms with E-state index in [4.69, 9.17) is 15.2 Å². The lowest BCUT2D eigenvalue weighted by atomic mass is 10.1. The fourth-order valence-corrected chi connectivity index (χ4v) is 1.98. The fourth-order valence-electron chi connectivity index (χ4n) is 1.98. The Kier molecular flexibility index (Phi) is 4.27. The second-order valence-corrected chi connectivity index (χ2v) is 4.83. The van der Waals surface area contributed by atoms with E-state index < -0.39 is 0 Å². The first-order chi connectivity index (χ1) is 9.11. The minimum Gasteiger partial charge on any atom is -0.454 e. The van der Waals surface area contributed by atoms with Crippen LogP contribution < -0.4 is 15.2 Å². The van der Waals surface area contributed by atoms with Crippen molar-refractivity contribution in [1.29, 1.82) is 0 Å². The summed E-state index contributed by atoms with van der Waals surface area (Å²) in [6, 6.07) is 5.87. The second kappa shape index (κ2) is 5.93. The van der Waals surface area contributed by atoms with Crippen LogP contribution in [0.5, 0.6) is 11.5 Å². The van der Waals surface area contributed by atoms with E-state index in [2.05, 4.69) is 0 Å². The van der Waals surface area contributed by atoms with E-state index in [1.54, 1.807) is 4.90 Å². The molecule has 2 rings (SSSR count). The molecule has 0 aliphatic carbocycles. The standard InChI is InChI=1S/C14H20N2O3/c1-10(8-15)14(17)16(2)6-5-11-3-4-12-13(7-11)19-9-18-12/h3-4,7,10H,5-6,8-9,15H2,1-2H3. The number of nitrogens with two attached hydrogens (primary N) is 1. The Morgan fingerprint density at radius 2 is 2.16 bits per heavy atom. The Balaban J connectivity index is 1.90. The van der Waals surface area contributed by atoms with Crippen LogP contribution in [0.15, 0.2) is 18.2 Å². The zero-order valence-electron chi connectivity index (χ0n) is 11.4. The predicted octanol–water partition coefficient (Wildman–Crippen LogP) is 1.01. The van der Waals surface area contributed by atoms with Crippen LogP contribution in [0, 0.1) is 5.92 Å². The van der Waals surface area contributed by atoms with Crippen molar-refractivity contribution in [3.63, 3.8) is 0 Å². The number of ether oxygens (including phenoxy) is 2. The molecule has 1 heterocycles. The molecule has 1 aromatic rings. The van der Waals surface area contributed by atoms with Gasteiger partial charge < -0.3 is 20.1 Å². The molecular formula is C14H20N2O3. The molecule has 0 fully saturated rings. The molecule has 0 bridgehead atoms. The summed E-state index contributed by atoms with van der Waals surface area (Å²) in [7, 11) is 1.81. The average Bonchev–Trinajstić information content (AvgIpc) is 2.90. The number of fused-ring (bicyclic) bond motifs is 1. The van der Waals surface area contributed by atoms with Gasteiger partial charge in [0.15, 0.2) is 11.5 Å². The summed E-state index contributed by atoms with van der Waals surface area (Å²) in [6.45, 7) is 3.18. The maximum atomic E-state index is 11.9. The summed E-state index contributed by atoms with van der Waals surface area (Å²) in [5.74, 6) is 1.52. The number of benzene rings is 1. The first-order valence-electron chi connectivity index (χ1n) is 6.45. The summed E-state index contributed by atoms with van der Waals surface area (Å²) in [6.07, 6.45) is 0.788. The van der Waals surface area contributed by atoms with E-state index in [0.717, 1.165) is 23.5 Å². The van der Waals surface area contributed by atoms with Gasteiger partial charge in [-0.1, -0.05) is 13.0 Å². The summed E-state index contributed by atoms with van der Waals surface area (Å²) >= 11 is 0. The van der Waals surface area contributed by atoms with Gasteiger partial charge in [-0.3, -0.25) is 4.79 Å². The molecule has 19 heavy (non-hydrogen) atoms. The molecule has 0 saturated carbocycles. The number of nitrogens with zero attached hydrogens (tertiary/aromatic N) is 1. The highest BCUT2D eigenvalue weighted by atomic mass is 16.7. The molecule has 5 heteroatoms. The molecule has 1 atom stereocenters. The molecule has 0 saturated heterocycles. The zero-order valence-corrected chi connectivity index (χ0v) is 11.4. The van der Waals surface area contributed by atoms with E-state index in [9.17, 15) is 4.79 Å². The van der Waals surface area contributed by atoms with Gasteiger partial charge in [0.2, 0.25) is 12.7 Å². The third kappa shape index (κ3) is 3.17. The van der Waals surface area contributed by atoms with Gasteiger partial charge in [0.1, 0.15) is 0 Å². The molecule has 0 radical (unpaired) electrons. The number of rotatable bonds is 5. The van der Waals surface area contributed by atoms with Crippen molar-refractivity contribution in [3.8, 4) is 11.5 Å². The fraction of sp³-hybridized carbons (Fsp3) is 0.500. The normalized spacial score (nSPS) is 14.3. The Labute approximate surface area is 113 Å². The Hall–Kier alpha value is -1.75. The van der Waals surface area contributed by atoms with Gasteiger partial charge in [-0.15, -0.1) is 0 Å². The largest absolute Gasteiger partial charge is 0.454 e. The highest BCUT2D eigenvalue weighted by Gasteiger charge is 2.17. The van der Waals surface area contributed by atoms with Crippen LogP contribution in [-0.4, -0.2) is 37.7 Å². The molecule has 1 aliphatic rings. The second-order valence-electron chi connectivity index (χ2n) is 4.83. The van der Waals surface area contributed by atoms with E-state index in [1.165, 1.54) is 0 Å². The molecule has 0 spiro atoms. The smallest absolute Gasteiger partial charge is 0.231 e. The average molecular weight is 264 g/mol. The quantitative estimate of drug-likeness (QED) is 0.862. The molecule has 1 aromatic carbocycles. The summed E-state index contributed by atoms with van der Waals surface area (Å²) in [5.41, 5.74) is 6.63. The summed E-state index contributed by atoms with van der Waals surface area (Å²) < 4.78 is 10.6. The van der Waals surface area contributed by atoms with Crippen LogP contribution in [0.1, 0.15) is 12.5 Å². The van der Waals surface area contributed by atoms with Crippen molar-refractivity contribution in [3.05, 3.63) is 23.8 Å². The highest BCUT2D eigenvalue weighted by molar-refractivity contribution is 5.78. The van der Waals surface area contributed by atoms with Crippen molar-refractivity contribution >= 4 is 5.91 Å². The summed E-state index contributed by atoms with van der Waals surface area (Å²) in [4.78, 5) is 13.6. The van der Waals surface area contributed by atoms with Gasteiger partial charge in [-0.2, -0.15) is 0 Å². The lowest BCUT2D eigenvalue weighted by Crippen LogP contribution is -2.36. The summed E-state index contributed by atoms with van der Waals surface area (Å²) in [5, 5.41) is 0. The van der Waals surface area contributed by atoms with Crippen LogP contribution in [-0.2, 0) is 11.2 Å². The van der Waals surface area contributed by atoms with Crippen LogP contribution in [0.3, 0.4) is 0 Å². The molecule has 1 amide bonds. The Bertz CT molecular complexity index is 462. The number of hydrogen-bond donors (Lipinski definition) is 1. The van der Waals surface area contributed by atoms with Crippen molar-refractivity contribution in [2.24, 2.45) is 11.7 Å². The lowest BCUT2D eigenvalue weighted by Gasteiger charge is -2.20. The first kappa shape index (κ1) is 13.7. The SMILES string of the molecule is CC(CN)C(=O)N(C)CCc1ccc2c(c1)OCO2. The van der Waals surface area contributed by atoms with Crippen LogP contribution >= 0.6 is 0 Å². The Morgan fingerprint density at radius 3 is 2.89 bits per heavy atom. The van der Waals surface area contributed by atoms with Gasteiger partial charge in [-0.05, 0) is 24.1 Å². The minimum absolute atomic E-state index is 0.0863. The molecule has 5 nitrogen and oxygen atoms in total. The van der Waals surface area contributed by atoms with Crippen LogP contribution in [0.2, 0.25) is 0 Å². The third-order valence-electron chi connectivity index (χ3n) is 3.32. The van der Waals surface area contributed by atoms with Gasteiger partial charge in [-0.25, -0.2) is 0 Å². The van der Waals surface area contributed by atoms with Crippen molar-refractivity contribution in [2.45, 2.75) is 13.3 Å². The molecule has 2 N–H and O–H groups in total. The van der Waals surface area contributed by atoms with Crippen molar-refractivity contribution in [1.82, 2.24) is 4.90 Å². The van der Waals surface area contributed by atoms with Gasteiger partial charge in [0, 0.05) is 26.1 Å². The van der Waals surface area contributed by atoms with Gasteiger partial charge in [0.05, 0.1) is 0 Å². The third-order valence-corrected chi connectivity index (χ3v) is 3.32. The van der Waals surface area contributed by atoms with E-state index >= 15 is 0 Å². The number of carbonyl (C=O) groups excluding carboxylic acids is 1. The maximum Gasteiger partial charge on any atom is 0.231 e. The number of carbonyl (C=O) groups is 1. The van der Waals surface area contributed by atoms with Crippen LogP contribution in [0.25, 0.3) is 0 Å². The van der Waals surface area contributed by atoms with E-state index in [-0.39, 0.29) is 18.6 Å². The molecular weight excluding hydrogens is 244 g/mol. The molecule has 0 aromatic heterocycles. The van der Waals surface area contributed by atoms with Crippen molar-refractivity contribution < 1.29 is 14.3 Å². The maximum absolute atomic E-state index is 11.9. The highest BCUT2D eigenvalue weighted by Crippen LogP contribution is 2.32. The monoisotopic (exact) mass is 264 g/mol. The molecule has 104 valence electrons. The zero-order chi connectivity index (χ0) is 13.8. The number of likely N-dealkylation sites (N-methyl/N-ethyl adjacent to an activating group) is 1. The molecule has 1 unspecified atom stereocenters.